The minimum atomic E-state index is 0.756. The third-order valence-corrected chi connectivity index (χ3v) is 3.75. The molecule has 2 nitrogen and oxygen atoms in total. The van der Waals surface area contributed by atoms with Crippen LogP contribution in [0.1, 0.15) is 42.0 Å². The van der Waals surface area contributed by atoms with Crippen LogP contribution in [0.4, 0.5) is 0 Å². The lowest BCUT2D eigenvalue weighted by molar-refractivity contribution is 0.373. The number of thiazole rings is 1. The van der Waals surface area contributed by atoms with Crippen LogP contribution >= 0.6 is 11.3 Å². The number of nitrogens with one attached hydrogen (secondary N) is 1. The van der Waals surface area contributed by atoms with Crippen molar-refractivity contribution in [3.8, 4) is 0 Å². The van der Waals surface area contributed by atoms with Gasteiger partial charge in [0.15, 0.2) is 0 Å². The lowest BCUT2D eigenvalue weighted by atomic mass is 9.95. The number of hydrogen-bond acceptors (Lipinski definition) is 3. The second kappa shape index (κ2) is 4.89. The minimum Gasteiger partial charge on any atom is -0.309 e. The second-order valence-corrected chi connectivity index (χ2v) is 5.38. The highest BCUT2D eigenvalue weighted by Gasteiger charge is 2.12. The molecule has 14 heavy (non-hydrogen) atoms. The van der Waals surface area contributed by atoms with E-state index in [1.165, 1.54) is 42.0 Å². The molecule has 0 saturated heterocycles. The molecule has 0 spiro atoms. The van der Waals surface area contributed by atoms with E-state index in [9.17, 15) is 0 Å². The Balaban J connectivity index is 1.76. The van der Waals surface area contributed by atoms with Gasteiger partial charge in [0.25, 0.3) is 0 Å². The Kier molecular flexibility index (Phi) is 3.54. The molecule has 1 aromatic heterocycles. The SMILES string of the molecule is Cc1ncc(CNC2CCCCC2)s1. The first-order chi connectivity index (χ1) is 6.84. The third-order valence-electron chi connectivity index (χ3n) is 2.84. The maximum atomic E-state index is 4.26. The molecule has 3 heteroatoms. The predicted molar refractivity (Wildman–Crippen MR) is 60.6 cm³/mol. The Bertz CT molecular complexity index is 277. The minimum absolute atomic E-state index is 0.756. The summed E-state index contributed by atoms with van der Waals surface area (Å²) in [6.07, 6.45) is 8.95. The number of nitrogens with zero attached hydrogens (tertiary/aromatic N) is 1. The predicted octanol–water partition coefficient (Wildman–Crippen LogP) is 2.87. The van der Waals surface area contributed by atoms with Gasteiger partial charge >= 0.3 is 0 Å². The topological polar surface area (TPSA) is 24.9 Å². The molecule has 0 amide bonds. The molecule has 0 aromatic carbocycles. The van der Waals surface area contributed by atoms with Gasteiger partial charge in [0.05, 0.1) is 5.01 Å². The fraction of sp³-hybridized carbons (Fsp3) is 0.727. The van der Waals surface area contributed by atoms with Crippen molar-refractivity contribution in [2.45, 2.75) is 51.6 Å². The van der Waals surface area contributed by atoms with Crippen LogP contribution in [0.5, 0.6) is 0 Å². The van der Waals surface area contributed by atoms with Gasteiger partial charge in [-0.25, -0.2) is 4.98 Å². The average Bonchev–Trinajstić information content (AvgIpc) is 2.63. The standard InChI is InChI=1S/C11H18N2S/c1-9-12-7-11(14-9)8-13-10-5-3-2-4-6-10/h7,10,13H,2-6,8H2,1H3. The molecule has 0 radical (unpaired) electrons. The zero-order chi connectivity index (χ0) is 9.80. The van der Waals surface area contributed by atoms with Crippen molar-refractivity contribution in [2.75, 3.05) is 0 Å². The Morgan fingerprint density at radius 2 is 2.21 bits per heavy atom. The number of rotatable bonds is 3. The fourth-order valence-electron chi connectivity index (χ4n) is 2.04. The van der Waals surface area contributed by atoms with E-state index < -0.39 is 0 Å². The van der Waals surface area contributed by atoms with E-state index in [2.05, 4.69) is 17.2 Å². The fourth-order valence-corrected chi connectivity index (χ4v) is 2.78. The molecule has 2 rings (SSSR count). The monoisotopic (exact) mass is 210 g/mol. The summed E-state index contributed by atoms with van der Waals surface area (Å²) in [4.78, 5) is 5.63. The molecule has 1 aromatic rings. The van der Waals surface area contributed by atoms with Gasteiger partial charge in [-0.05, 0) is 19.8 Å². The van der Waals surface area contributed by atoms with Crippen molar-refractivity contribution in [3.63, 3.8) is 0 Å². The van der Waals surface area contributed by atoms with Gasteiger partial charge < -0.3 is 5.32 Å². The van der Waals surface area contributed by atoms with E-state index in [-0.39, 0.29) is 0 Å². The van der Waals surface area contributed by atoms with Crippen LogP contribution in [-0.4, -0.2) is 11.0 Å². The molecular formula is C11H18N2S. The molecule has 78 valence electrons. The lowest BCUT2D eigenvalue weighted by Gasteiger charge is -2.22. The Morgan fingerprint density at radius 3 is 2.86 bits per heavy atom. The molecule has 1 heterocycles. The quantitative estimate of drug-likeness (QED) is 0.829. The van der Waals surface area contributed by atoms with Gasteiger partial charge in [0.1, 0.15) is 0 Å². The molecule has 0 aliphatic heterocycles. The van der Waals surface area contributed by atoms with E-state index >= 15 is 0 Å². The summed E-state index contributed by atoms with van der Waals surface area (Å²) in [6, 6.07) is 0.756. The van der Waals surface area contributed by atoms with Crippen molar-refractivity contribution in [1.82, 2.24) is 10.3 Å². The summed E-state index contributed by atoms with van der Waals surface area (Å²) in [6.45, 7) is 3.07. The summed E-state index contributed by atoms with van der Waals surface area (Å²) < 4.78 is 0. The Labute approximate surface area is 89.8 Å². The smallest absolute Gasteiger partial charge is 0.0897 e. The highest BCUT2D eigenvalue weighted by Crippen LogP contribution is 2.18. The van der Waals surface area contributed by atoms with E-state index in [0.717, 1.165) is 12.6 Å². The summed E-state index contributed by atoms with van der Waals surface area (Å²) in [7, 11) is 0. The largest absolute Gasteiger partial charge is 0.309 e. The maximum absolute atomic E-state index is 4.26. The van der Waals surface area contributed by atoms with Crippen LogP contribution in [-0.2, 0) is 6.54 Å². The van der Waals surface area contributed by atoms with Gasteiger partial charge in [0, 0.05) is 23.7 Å². The van der Waals surface area contributed by atoms with Crippen LogP contribution in [0.3, 0.4) is 0 Å². The van der Waals surface area contributed by atoms with E-state index in [0.29, 0.717) is 0 Å². The molecule has 1 fully saturated rings. The molecule has 0 atom stereocenters. The average molecular weight is 210 g/mol. The normalized spacial score (nSPS) is 18.6. The summed E-state index contributed by atoms with van der Waals surface area (Å²) in [5, 5.41) is 4.79. The first kappa shape index (κ1) is 10.1. The van der Waals surface area contributed by atoms with Crippen LogP contribution in [0.25, 0.3) is 0 Å². The van der Waals surface area contributed by atoms with Gasteiger partial charge in [-0.3, -0.25) is 0 Å². The van der Waals surface area contributed by atoms with E-state index in [4.69, 9.17) is 0 Å². The molecule has 0 bridgehead atoms. The zero-order valence-electron chi connectivity index (χ0n) is 8.75. The van der Waals surface area contributed by atoms with Gasteiger partial charge in [0.2, 0.25) is 0 Å². The molecular weight excluding hydrogens is 192 g/mol. The first-order valence-corrected chi connectivity index (χ1v) is 6.31. The number of aromatic nitrogens is 1. The summed E-state index contributed by atoms with van der Waals surface area (Å²) >= 11 is 1.80. The van der Waals surface area contributed by atoms with Crippen molar-refractivity contribution in [3.05, 3.63) is 16.1 Å². The highest BCUT2D eigenvalue weighted by atomic mass is 32.1. The third kappa shape index (κ3) is 2.79. The molecule has 1 saturated carbocycles. The maximum Gasteiger partial charge on any atom is 0.0897 e. The molecule has 0 unspecified atom stereocenters. The van der Waals surface area contributed by atoms with E-state index in [1.54, 1.807) is 11.3 Å². The van der Waals surface area contributed by atoms with Crippen molar-refractivity contribution < 1.29 is 0 Å². The van der Waals surface area contributed by atoms with Crippen LogP contribution < -0.4 is 5.32 Å². The molecule has 1 aliphatic rings. The summed E-state index contributed by atoms with van der Waals surface area (Å²) in [5.74, 6) is 0. The first-order valence-electron chi connectivity index (χ1n) is 5.49. The lowest BCUT2D eigenvalue weighted by Crippen LogP contribution is -2.30. The Morgan fingerprint density at radius 1 is 1.43 bits per heavy atom. The van der Waals surface area contributed by atoms with Crippen molar-refractivity contribution in [1.29, 1.82) is 0 Å². The van der Waals surface area contributed by atoms with Gasteiger partial charge in [-0.2, -0.15) is 0 Å². The Hall–Kier alpha value is -0.410. The zero-order valence-corrected chi connectivity index (χ0v) is 9.57. The second-order valence-electron chi connectivity index (χ2n) is 4.06. The number of hydrogen-bond donors (Lipinski definition) is 1. The van der Waals surface area contributed by atoms with Crippen molar-refractivity contribution >= 4 is 11.3 Å². The highest BCUT2D eigenvalue weighted by molar-refractivity contribution is 7.11. The van der Waals surface area contributed by atoms with Gasteiger partial charge in [-0.15, -0.1) is 11.3 Å². The summed E-state index contributed by atoms with van der Waals surface area (Å²) in [5.41, 5.74) is 0. The van der Waals surface area contributed by atoms with E-state index in [1.807, 2.05) is 6.20 Å². The van der Waals surface area contributed by atoms with Crippen LogP contribution in [0.2, 0.25) is 0 Å². The van der Waals surface area contributed by atoms with Crippen LogP contribution in [0, 0.1) is 6.92 Å². The van der Waals surface area contributed by atoms with Crippen molar-refractivity contribution in [2.24, 2.45) is 0 Å². The van der Waals surface area contributed by atoms with Crippen LogP contribution in [0.15, 0.2) is 6.20 Å². The molecule has 1 aliphatic carbocycles. The van der Waals surface area contributed by atoms with Gasteiger partial charge in [-0.1, -0.05) is 19.3 Å². The number of aryl methyl sites for hydroxylation is 1. The molecule has 1 N–H and O–H groups in total.